The molecule has 112 valence electrons. The third-order valence-electron chi connectivity index (χ3n) is 5.21. The van der Waals surface area contributed by atoms with E-state index in [1.54, 1.807) is 0 Å². The van der Waals surface area contributed by atoms with Gasteiger partial charge in [-0.2, -0.15) is 5.10 Å². The van der Waals surface area contributed by atoms with Gasteiger partial charge in [-0.25, -0.2) is 0 Å². The van der Waals surface area contributed by atoms with Crippen LogP contribution in [0.3, 0.4) is 0 Å². The SMILES string of the molecule is CCNC1CCCC1Cc1ccn(C2CCCCC2)n1. The molecule has 1 aromatic rings. The molecule has 0 saturated heterocycles. The number of nitrogens with zero attached hydrogens (tertiary/aromatic N) is 2. The molecule has 0 bridgehead atoms. The number of aromatic nitrogens is 2. The average molecular weight is 275 g/mol. The molecule has 2 aliphatic carbocycles. The van der Waals surface area contributed by atoms with Gasteiger partial charge in [0, 0.05) is 12.2 Å². The number of hydrogen-bond donors (Lipinski definition) is 1. The molecule has 3 rings (SSSR count). The lowest BCUT2D eigenvalue weighted by molar-refractivity contribution is 0.326. The van der Waals surface area contributed by atoms with Gasteiger partial charge in [-0.05, 0) is 50.6 Å². The zero-order valence-electron chi connectivity index (χ0n) is 12.9. The fourth-order valence-electron chi connectivity index (χ4n) is 4.12. The van der Waals surface area contributed by atoms with Gasteiger partial charge in [0.2, 0.25) is 0 Å². The van der Waals surface area contributed by atoms with Crippen molar-refractivity contribution in [1.82, 2.24) is 15.1 Å². The van der Waals surface area contributed by atoms with E-state index in [1.807, 2.05) is 0 Å². The van der Waals surface area contributed by atoms with Crippen molar-refractivity contribution in [3.05, 3.63) is 18.0 Å². The lowest BCUT2D eigenvalue weighted by atomic mass is 9.96. The molecule has 0 amide bonds. The van der Waals surface area contributed by atoms with E-state index in [0.717, 1.165) is 24.9 Å². The van der Waals surface area contributed by atoms with Crippen molar-refractivity contribution in [2.75, 3.05) is 6.54 Å². The Morgan fingerprint density at radius 2 is 2.00 bits per heavy atom. The summed E-state index contributed by atoms with van der Waals surface area (Å²) in [6.45, 7) is 3.31. The zero-order valence-corrected chi connectivity index (χ0v) is 12.9. The van der Waals surface area contributed by atoms with Crippen LogP contribution >= 0.6 is 0 Å². The van der Waals surface area contributed by atoms with Gasteiger partial charge in [-0.1, -0.05) is 32.6 Å². The first-order valence-corrected chi connectivity index (χ1v) is 8.64. The molecule has 2 saturated carbocycles. The first kappa shape index (κ1) is 14.1. The maximum Gasteiger partial charge on any atom is 0.0628 e. The highest BCUT2D eigenvalue weighted by molar-refractivity contribution is 5.03. The van der Waals surface area contributed by atoms with Crippen LogP contribution in [0.1, 0.15) is 70.0 Å². The van der Waals surface area contributed by atoms with Crippen molar-refractivity contribution in [3.8, 4) is 0 Å². The molecule has 20 heavy (non-hydrogen) atoms. The van der Waals surface area contributed by atoms with Crippen molar-refractivity contribution in [2.24, 2.45) is 5.92 Å². The average Bonchev–Trinajstić information content (AvgIpc) is 3.11. The lowest BCUT2D eigenvalue weighted by Gasteiger charge is -2.22. The molecule has 2 aliphatic rings. The van der Waals surface area contributed by atoms with Gasteiger partial charge in [0.25, 0.3) is 0 Å². The molecule has 2 fully saturated rings. The summed E-state index contributed by atoms with van der Waals surface area (Å²) < 4.78 is 2.26. The molecule has 1 heterocycles. The molecule has 0 spiro atoms. The molecule has 3 nitrogen and oxygen atoms in total. The molecule has 2 unspecified atom stereocenters. The fraction of sp³-hybridized carbons (Fsp3) is 0.824. The van der Waals surface area contributed by atoms with E-state index in [1.165, 1.54) is 57.1 Å². The summed E-state index contributed by atoms with van der Waals surface area (Å²) in [5, 5.41) is 8.53. The Balaban J connectivity index is 1.59. The van der Waals surface area contributed by atoms with Crippen molar-refractivity contribution in [3.63, 3.8) is 0 Å². The Morgan fingerprint density at radius 3 is 2.80 bits per heavy atom. The molecule has 0 aliphatic heterocycles. The van der Waals surface area contributed by atoms with E-state index in [-0.39, 0.29) is 0 Å². The Bertz CT molecular complexity index is 406. The largest absolute Gasteiger partial charge is 0.314 e. The summed E-state index contributed by atoms with van der Waals surface area (Å²) in [4.78, 5) is 0. The minimum Gasteiger partial charge on any atom is -0.314 e. The Kier molecular flexibility index (Phi) is 4.77. The second kappa shape index (κ2) is 6.75. The normalized spacial score (nSPS) is 28.1. The number of nitrogens with one attached hydrogen (secondary N) is 1. The molecular formula is C17H29N3. The van der Waals surface area contributed by atoms with Gasteiger partial charge in [0.15, 0.2) is 0 Å². The van der Waals surface area contributed by atoms with Gasteiger partial charge in [-0.15, -0.1) is 0 Å². The minimum absolute atomic E-state index is 0.672. The van der Waals surface area contributed by atoms with E-state index in [9.17, 15) is 0 Å². The summed E-state index contributed by atoms with van der Waals surface area (Å²) >= 11 is 0. The third kappa shape index (κ3) is 3.25. The summed E-state index contributed by atoms with van der Waals surface area (Å²) in [5.74, 6) is 0.796. The quantitative estimate of drug-likeness (QED) is 0.888. The Hall–Kier alpha value is -0.830. The van der Waals surface area contributed by atoms with Crippen molar-refractivity contribution < 1.29 is 0 Å². The van der Waals surface area contributed by atoms with E-state index in [4.69, 9.17) is 5.10 Å². The molecule has 2 atom stereocenters. The Labute approximate surface area is 123 Å². The topological polar surface area (TPSA) is 29.9 Å². The van der Waals surface area contributed by atoms with Crippen LogP contribution in [-0.2, 0) is 6.42 Å². The molecule has 1 aromatic heterocycles. The molecular weight excluding hydrogens is 246 g/mol. The van der Waals surface area contributed by atoms with Crippen LogP contribution in [0.2, 0.25) is 0 Å². The van der Waals surface area contributed by atoms with Crippen LogP contribution in [0.4, 0.5) is 0 Å². The molecule has 3 heteroatoms. The van der Waals surface area contributed by atoms with Crippen molar-refractivity contribution in [1.29, 1.82) is 0 Å². The highest BCUT2D eigenvalue weighted by Crippen LogP contribution is 2.30. The third-order valence-corrected chi connectivity index (χ3v) is 5.21. The van der Waals surface area contributed by atoms with Crippen LogP contribution in [0.15, 0.2) is 12.3 Å². The van der Waals surface area contributed by atoms with Crippen LogP contribution < -0.4 is 5.32 Å². The van der Waals surface area contributed by atoms with Crippen molar-refractivity contribution >= 4 is 0 Å². The standard InChI is InChI=1S/C17H29N3/c1-2-18-17-10-6-7-14(17)13-15-11-12-20(19-15)16-8-4-3-5-9-16/h11-12,14,16-18H,2-10,13H2,1H3. The summed E-state index contributed by atoms with van der Waals surface area (Å²) in [6.07, 6.45) is 14.3. The number of rotatable bonds is 5. The van der Waals surface area contributed by atoms with E-state index >= 15 is 0 Å². The highest BCUT2D eigenvalue weighted by atomic mass is 15.3. The summed E-state index contributed by atoms with van der Waals surface area (Å²) in [6, 6.07) is 3.65. The van der Waals surface area contributed by atoms with Gasteiger partial charge < -0.3 is 5.32 Å². The number of hydrogen-bond acceptors (Lipinski definition) is 2. The summed E-state index contributed by atoms with van der Waals surface area (Å²) in [5.41, 5.74) is 1.31. The van der Waals surface area contributed by atoms with E-state index in [2.05, 4.69) is 29.2 Å². The predicted octanol–water partition coefficient (Wildman–Crippen LogP) is 3.71. The van der Waals surface area contributed by atoms with Crippen LogP contribution in [0, 0.1) is 5.92 Å². The maximum absolute atomic E-state index is 4.88. The predicted molar refractivity (Wildman–Crippen MR) is 82.9 cm³/mol. The van der Waals surface area contributed by atoms with Gasteiger partial charge >= 0.3 is 0 Å². The van der Waals surface area contributed by atoms with Crippen LogP contribution in [0.5, 0.6) is 0 Å². The second-order valence-corrected chi connectivity index (χ2v) is 6.64. The van der Waals surface area contributed by atoms with Crippen LogP contribution in [0.25, 0.3) is 0 Å². The van der Waals surface area contributed by atoms with Crippen molar-refractivity contribution in [2.45, 2.75) is 76.8 Å². The van der Waals surface area contributed by atoms with Gasteiger partial charge in [0.05, 0.1) is 11.7 Å². The van der Waals surface area contributed by atoms with Gasteiger partial charge in [-0.3, -0.25) is 4.68 Å². The second-order valence-electron chi connectivity index (χ2n) is 6.64. The smallest absolute Gasteiger partial charge is 0.0628 e. The first-order valence-electron chi connectivity index (χ1n) is 8.64. The van der Waals surface area contributed by atoms with E-state index < -0.39 is 0 Å². The lowest BCUT2D eigenvalue weighted by Crippen LogP contribution is -2.33. The summed E-state index contributed by atoms with van der Waals surface area (Å²) in [7, 11) is 0. The molecule has 0 radical (unpaired) electrons. The van der Waals surface area contributed by atoms with Gasteiger partial charge in [0.1, 0.15) is 0 Å². The molecule has 1 N–H and O–H groups in total. The maximum atomic E-state index is 4.88. The minimum atomic E-state index is 0.672. The zero-order chi connectivity index (χ0) is 13.8. The fourth-order valence-corrected chi connectivity index (χ4v) is 4.12. The van der Waals surface area contributed by atoms with E-state index in [0.29, 0.717) is 6.04 Å². The highest BCUT2D eigenvalue weighted by Gasteiger charge is 2.27. The van der Waals surface area contributed by atoms with Crippen LogP contribution in [-0.4, -0.2) is 22.4 Å². The molecule has 0 aromatic carbocycles. The Morgan fingerprint density at radius 1 is 1.15 bits per heavy atom. The monoisotopic (exact) mass is 275 g/mol. The first-order chi connectivity index (χ1) is 9.86.